The molecule has 0 bridgehead atoms. The van der Waals surface area contributed by atoms with Gasteiger partial charge in [0.2, 0.25) is 0 Å². The summed E-state index contributed by atoms with van der Waals surface area (Å²) in [5.41, 5.74) is 1.84. The van der Waals surface area contributed by atoms with Crippen molar-refractivity contribution in [3.8, 4) is 11.5 Å². The molecule has 2 aromatic rings. The molecule has 0 aromatic heterocycles. The Labute approximate surface area is 166 Å². The third kappa shape index (κ3) is 4.47. The van der Waals surface area contributed by atoms with E-state index in [1.54, 1.807) is 38.5 Å². The molecule has 0 amide bonds. The van der Waals surface area contributed by atoms with Crippen LogP contribution < -0.4 is 9.47 Å². The largest absolute Gasteiger partial charge is 0.493 e. The lowest BCUT2D eigenvalue weighted by Crippen LogP contribution is -1.98. The summed E-state index contributed by atoms with van der Waals surface area (Å²) >= 11 is 7.47. The Morgan fingerprint density at radius 2 is 1.81 bits per heavy atom. The Morgan fingerprint density at radius 3 is 2.48 bits per heavy atom. The summed E-state index contributed by atoms with van der Waals surface area (Å²) in [5.74, 6) is 0.917. The number of rotatable bonds is 6. The predicted molar refractivity (Wildman–Crippen MR) is 108 cm³/mol. The van der Waals surface area contributed by atoms with Crippen molar-refractivity contribution in [3.63, 3.8) is 0 Å². The molecule has 3 rings (SSSR count). The monoisotopic (exact) mass is 408 g/mol. The molecule has 0 unspecified atom stereocenters. The van der Waals surface area contributed by atoms with Gasteiger partial charge in [0.1, 0.15) is 11.6 Å². The van der Waals surface area contributed by atoms with E-state index in [-0.39, 0.29) is 11.6 Å². The first-order chi connectivity index (χ1) is 13.0. The number of ether oxygens (including phenoxy) is 2. The van der Waals surface area contributed by atoms with Crippen LogP contribution in [0.4, 0.5) is 8.78 Å². The molecule has 0 radical (unpaired) electrons. The quantitative estimate of drug-likeness (QED) is 0.524. The number of thioether (sulfide) groups is 1. The van der Waals surface area contributed by atoms with Gasteiger partial charge >= 0.3 is 0 Å². The maximum absolute atomic E-state index is 14.7. The number of hydrogen-bond donors (Lipinski definition) is 0. The summed E-state index contributed by atoms with van der Waals surface area (Å²) < 4.78 is 39.1. The standard InChI is InChI=1S/C21H19ClF2O2S/c1-25-20-9-6-13(10-21(20)26-2)15-8-7-14(11-19(15)24)27-12-16-17(22)4-3-5-18(16)23/h3-6,9-11H,7-8,12H2,1-2H3. The van der Waals surface area contributed by atoms with E-state index in [9.17, 15) is 8.78 Å². The first-order valence-corrected chi connectivity index (χ1v) is 9.77. The van der Waals surface area contributed by atoms with Crippen molar-refractivity contribution in [1.82, 2.24) is 0 Å². The minimum absolute atomic E-state index is 0.282. The highest BCUT2D eigenvalue weighted by Crippen LogP contribution is 2.40. The summed E-state index contributed by atoms with van der Waals surface area (Å²) in [6.07, 6.45) is 2.77. The van der Waals surface area contributed by atoms with Crippen LogP contribution in [-0.4, -0.2) is 14.2 Å². The van der Waals surface area contributed by atoms with Gasteiger partial charge in [0.25, 0.3) is 0 Å². The number of allylic oxidation sites excluding steroid dienone is 4. The van der Waals surface area contributed by atoms with Crippen LogP contribution in [0.25, 0.3) is 5.57 Å². The van der Waals surface area contributed by atoms with Crippen LogP contribution in [0, 0.1) is 5.82 Å². The minimum Gasteiger partial charge on any atom is -0.493 e. The molecule has 1 aliphatic rings. The van der Waals surface area contributed by atoms with Crippen molar-refractivity contribution < 1.29 is 18.3 Å². The Bertz CT molecular complexity index is 889. The van der Waals surface area contributed by atoms with E-state index in [2.05, 4.69) is 0 Å². The van der Waals surface area contributed by atoms with E-state index in [1.165, 1.54) is 23.9 Å². The van der Waals surface area contributed by atoms with Gasteiger partial charge in [-0.15, -0.1) is 11.8 Å². The minimum atomic E-state index is -0.339. The van der Waals surface area contributed by atoms with Crippen molar-refractivity contribution >= 4 is 28.9 Å². The van der Waals surface area contributed by atoms with Crippen molar-refractivity contribution in [2.24, 2.45) is 0 Å². The van der Waals surface area contributed by atoms with Gasteiger partial charge in [-0.25, -0.2) is 8.78 Å². The average Bonchev–Trinajstić information content (AvgIpc) is 2.67. The SMILES string of the molecule is COc1ccc(C2=C(F)C=C(SCc3c(F)cccc3Cl)CC2)cc1OC. The molecule has 1 aliphatic carbocycles. The van der Waals surface area contributed by atoms with Crippen molar-refractivity contribution in [2.45, 2.75) is 18.6 Å². The molecular weight excluding hydrogens is 390 g/mol. The zero-order valence-corrected chi connectivity index (χ0v) is 16.6. The number of halogens is 3. The summed E-state index contributed by atoms with van der Waals surface area (Å²) in [7, 11) is 3.11. The number of methoxy groups -OCH3 is 2. The molecule has 2 aromatic carbocycles. The normalized spacial score (nSPS) is 14.2. The van der Waals surface area contributed by atoms with Gasteiger partial charge in [0.05, 0.1) is 14.2 Å². The van der Waals surface area contributed by atoms with Crippen LogP contribution >= 0.6 is 23.4 Å². The molecule has 0 fully saturated rings. The summed E-state index contributed by atoms with van der Waals surface area (Å²) in [4.78, 5) is 0.871. The van der Waals surface area contributed by atoms with Crippen LogP contribution in [0.2, 0.25) is 5.02 Å². The second-order valence-corrected chi connectivity index (χ2v) is 7.50. The molecule has 2 nitrogen and oxygen atoms in total. The topological polar surface area (TPSA) is 18.5 Å². The van der Waals surface area contributed by atoms with E-state index in [1.807, 2.05) is 6.07 Å². The van der Waals surface area contributed by atoms with Crippen molar-refractivity contribution in [3.05, 3.63) is 75.2 Å². The third-order valence-electron chi connectivity index (χ3n) is 4.39. The molecule has 0 atom stereocenters. The molecule has 0 saturated carbocycles. The van der Waals surface area contributed by atoms with Crippen molar-refractivity contribution in [2.75, 3.05) is 14.2 Å². The Morgan fingerprint density at radius 1 is 1.04 bits per heavy atom. The zero-order valence-electron chi connectivity index (χ0n) is 15.0. The maximum Gasteiger partial charge on any atom is 0.161 e. The fourth-order valence-corrected chi connectivity index (χ4v) is 4.29. The van der Waals surface area contributed by atoms with E-state index in [4.69, 9.17) is 21.1 Å². The van der Waals surface area contributed by atoms with Crippen LogP contribution in [0.15, 0.2) is 53.2 Å². The molecular formula is C21H19ClF2O2S. The lowest BCUT2D eigenvalue weighted by molar-refractivity contribution is 0.355. The van der Waals surface area contributed by atoms with Gasteiger partial charge < -0.3 is 9.47 Å². The van der Waals surface area contributed by atoms with Crippen LogP contribution in [0.1, 0.15) is 24.0 Å². The Kier molecular flexibility index (Phi) is 6.45. The molecule has 0 N–H and O–H groups in total. The highest BCUT2D eigenvalue weighted by molar-refractivity contribution is 8.02. The lowest BCUT2D eigenvalue weighted by Gasteiger charge is -2.18. The van der Waals surface area contributed by atoms with E-state index < -0.39 is 0 Å². The highest BCUT2D eigenvalue weighted by atomic mass is 35.5. The fourth-order valence-electron chi connectivity index (χ4n) is 2.92. The lowest BCUT2D eigenvalue weighted by atomic mass is 9.96. The number of hydrogen-bond acceptors (Lipinski definition) is 3. The molecule has 6 heteroatoms. The second-order valence-electron chi connectivity index (χ2n) is 6.00. The summed E-state index contributed by atoms with van der Waals surface area (Å²) in [6, 6.07) is 9.98. The Balaban J connectivity index is 1.78. The van der Waals surface area contributed by atoms with Crippen molar-refractivity contribution in [1.29, 1.82) is 0 Å². The smallest absolute Gasteiger partial charge is 0.161 e. The van der Waals surface area contributed by atoms with Gasteiger partial charge in [-0.2, -0.15) is 0 Å². The van der Waals surface area contributed by atoms with Gasteiger partial charge in [-0.3, -0.25) is 0 Å². The molecule has 0 spiro atoms. The number of benzene rings is 2. The van der Waals surface area contributed by atoms with Crippen LogP contribution in [0.5, 0.6) is 11.5 Å². The third-order valence-corrected chi connectivity index (χ3v) is 5.87. The average molecular weight is 409 g/mol. The summed E-state index contributed by atoms with van der Waals surface area (Å²) in [6.45, 7) is 0. The molecule has 142 valence electrons. The van der Waals surface area contributed by atoms with Gasteiger partial charge in [-0.1, -0.05) is 23.7 Å². The highest BCUT2D eigenvalue weighted by Gasteiger charge is 2.18. The van der Waals surface area contributed by atoms with Gasteiger partial charge in [0.15, 0.2) is 11.5 Å². The Hall–Kier alpha value is -1.98. The molecule has 0 aliphatic heterocycles. The van der Waals surface area contributed by atoms with Crippen LogP contribution in [-0.2, 0) is 5.75 Å². The van der Waals surface area contributed by atoms with Gasteiger partial charge in [-0.05, 0) is 59.2 Å². The fraction of sp³-hybridized carbons (Fsp3) is 0.238. The predicted octanol–water partition coefficient (Wildman–Crippen LogP) is 6.79. The second kappa shape index (κ2) is 8.81. The first-order valence-electron chi connectivity index (χ1n) is 8.40. The van der Waals surface area contributed by atoms with E-state index >= 15 is 0 Å². The molecule has 27 heavy (non-hydrogen) atoms. The van der Waals surface area contributed by atoms with E-state index in [0.29, 0.717) is 46.3 Å². The summed E-state index contributed by atoms with van der Waals surface area (Å²) in [5, 5.41) is 0.390. The first kappa shape index (κ1) is 19.8. The van der Waals surface area contributed by atoms with Crippen LogP contribution in [0.3, 0.4) is 0 Å². The zero-order chi connectivity index (χ0) is 19.4. The van der Waals surface area contributed by atoms with E-state index in [0.717, 1.165) is 10.5 Å². The molecule has 0 heterocycles. The van der Waals surface area contributed by atoms with Gasteiger partial charge in [0, 0.05) is 16.3 Å². The molecule has 0 saturated heterocycles. The maximum atomic E-state index is 14.7.